The van der Waals surface area contributed by atoms with Crippen LogP contribution in [-0.4, -0.2) is 23.2 Å². The summed E-state index contributed by atoms with van der Waals surface area (Å²) in [5, 5.41) is 13.7. The molecule has 2 N–H and O–H groups in total. The van der Waals surface area contributed by atoms with Gasteiger partial charge in [0.05, 0.1) is 0 Å². The van der Waals surface area contributed by atoms with E-state index in [2.05, 4.69) is 58.9 Å². The Bertz CT molecular complexity index is 578. The van der Waals surface area contributed by atoms with Crippen molar-refractivity contribution in [2.24, 2.45) is 0 Å². The van der Waals surface area contributed by atoms with Crippen molar-refractivity contribution in [3.05, 3.63) is 53.2 Å². The van der Waals surface area contributed by atoms with Gasteiger partial charge in [-0.25, -0.2) is 0 Å². The van der Waals surface area contributed by atoms with E-state index >= 15 is 0 Å². The Morgan fingerprint density at radius 3 is 2.35 bits per heavy atom. The molecule has 5 heteroatoms. The number of aromatic nitrogens is 2. The summed E-state index contributed by atoms with van der Waals surface area (Å²) in [6.07, 6.45) is 0. The van der Waals surface area contributed by atoms with Crippen LogP contribution < -0.4 is 10.6 Å². The molecular formula is C15H18N4O. The first-order chi connectivity index (χ1) is 9.60. The van der Waals surface area contributed by atoms with E-state index in [0.29, 0.717) is 11.5 Å². The number of carbonyl (C=O) groups excluding carboxylic acids is 1. The van der Waals surface area contributed by atoms with E-state index in [1.165, 1.54) is 11.1 Å². The Morgan fingerprint density at radius 2 is 1.80 bits per heavy atom. The largest absolute Gasteiger partial charge is 0.362 e. The fraction of sp³-hybridized carbons (Fsp3) is 0.267. The number of carbonyl (C=O) groups is 1. The van der Waals surface area contributed by atoms with E-state index in [-0.39, 0.29) is 11.9 Å². The van der Waals surface area contributed by atoms with Crippen molar-refractivity contribution in [1.82, 2.24) is 15.5 Å². The minimum atomic E-state index is -0.240. The van der Waals surface area contributed by atoms with Gasteiger partial charge in [0, 0.05) is 13.1 Å². The average molecular weight is 270 g/mol. The fourth-order valence-electron chi connectivity index (χ4n) is 1.82. The lowest BCUT2D eigenvalue weighted by Gasteiger charge is -2.14. The van der Waals surface area contributed by atoms with Gasteiger partial charge in [-0.2, -0.15) is 0 Å². The smallest absolute Gasteiger partial charge is 0.271 e. The molecule has 0 bridgehead atoms. The van der Waals surface area contributed by atoms with Crippen LogP contribution in [0, 0.1) is 6.92 Å². The third-order valence-corrected chi connectivity index (χ3v) is 3.07. The molecule has 1 aromatic carbocycles. The molecule has 5 nitrogen and oxygen atoms in total. The van der Waals surface area contributed by atoms with Gasteiger partial charge in [0.1, 0.15) is 5.82 Å². The van der Waals surface area contributed by atoms with Crippen LogP contribution in [0.3, 0.4) is 0 Å². The number of nitrogens with zero attached hydrogens (tertiary/aromatic N) is 2. The molecule has 0 aliphatic rings. The topological polar surface area (TPSA) is 66.9 Å². The van der Waals surface area contributed by atoms with E-state index in [0.717, 1.165) is 0 Å². The van der Waals surface area contributed by atoms with Gasteiger partial charge in [-0.05, 0) is 31.5 Å². The summed E-state index contributed by atoms with van der Waals surface area (Å²) in [5.41, 5.74) is 2.71. The van der Waals surface area contributed by atoms with Crippen molar-refractivity contribution < 1.29 is 4.79 Å². The van der Waals surface area contributed by atoms with Crippen LogP contribution >= 0.6 is 0 Å². The van der Waals surface area contributed by atoms with Gasteiger partial charge in [-0.1, -0.05) is 29.8 Å². The molecule has 104 valence electrons. The summed E-state index contributed by atoms with van der Waals surface area (Å²) >= 11 is 0. The van der Waals surface area contributed by atoms with Crippen LogP contribution in [0.1, 0.15) is 34.6 Å². The minimum absolute atomic E-state index is 0.121. The zero-order valence-corrected chi connectivity index (χ0v) is 11.8. The molecule has 1 unspecified atom stereocenters. The lowest BCUT2D eigenvalue weighted by atomic mass is 10.1. The number of rotatable bonds is 4. The lowest BCUT2D eigenvalue weighted by molar-refractivity contribution is 0.0957. The molecule has 0 spiro atoms. The van der Waals surface area contributed by atoms with Crippen LogP contribution in [0.2, 0.25) is 0 Å². The molecule has 0 radical (unpaired) electrons. The zero-order chi connectivity index (χ0) is 14.5. The monoisotopic (exact) mass is 270 g/mol. The number of amides is 1. The van der Waals surface area contributed by atoms with Crippen molar-refractivity contribution in [1.29, 1.82) is 0 Å². The fourth-order valence-corrected chi connectivity index (χ4v) is 1.82. The third kappa shape index (κ3) is 3.32. The molecule has 0 saturated carbocycles. The molecule has 2 aromatic rings. The van der Waals surface area contributed by atoms with Gasteiger partial charge < -0.3 is 10.6 Å². The Kier molecular flexibility index (Phi) is 4.30. The molecule has 0 fully saturated rings. The number of anilines is 1. The third-order valence-electron chi connectivity index (χ3n) is 3.07. The van der Waals surface area contributed by atoms with Gasteiger partial charge >= 0.3 is 0 Å². The lowest BCUT2D eigenvalue weighted by Crippen LogP contribution is -2.20. The highest BCUT2D eigenvalue weighted by molar-refractivity contribution is 5.91. The number of hydrogen-bond acceptors (Lipinski definition) is 4. The highest BCUT2D eigenvalue weighted by atomic mass is 16.1. The van der Waals surface area contributed by atoms with Crippen molar-refractivity contribution in [2.75, 3.05) is 12.4 Å². The molecular weight excluding hydrogens is 252 g/mol. The first kappa shape index (κ1) is 14.0. The molecule has 0 aliphatic carbocycles. The van der Waals surface area contributed by atoms with Gasteiger partial charge in [0.25, 0.3) is 5.91 Å². The van der Waals surface area contributed by atoms with Gasteiger partial charge in [0.2, 0.25) is 0 Å². The van der Waals surface area contributed by atoms with Crippen molar-refractivity contribution in [3.8, 4) is 0 Å². The summed E-state index contributed by atoms with van der Waals surface area (Å²) in [6, 6.07) is 11.8. The summed E-state index contributed by atoms with van der Waals surface area (Å²) < 4.78 is 0. The standard InChI is InChI=1S/C15H18N4O/c1-10-4-6-12(7-5-10)11(2)17-14-9-8-13(18-19-14)15(20)16-3/h4-9,11H,1-3H3,(H,16,20)(H,17,19). The maximum atomic E-state index is 11.4. The van der Waals surface area contributed by atoms with E-state index in [1.807, 2.05) is 0 Å². The van der Waals surface area contributed by atoms with Crippen LogP contribution in [0.5, 0.6) is 0 Å². The molecule has 1 aromatic heterocycles. The van der Waals surface area contributed by atoms with E-state index in [9.17, 15) is 4.79 Å². The van der Waals surface area contributed by atoms with Gasteiger partial charge in [0.15, 0.2) is 5.69 Å². The molecule has 0 aliphatic heterocycles. The first-order valence-corrected chi connectivity index (χ1v) is 6.49. The summed E-state index contributed by atoms with van der Waals surface area (Å²) in [6.45, 7) is 4.11. The second kappa shape index (κ2) is 6.14. The van der Waals surface area contributed by atoms with Crippen molar-refractivity contribution in [2.45, 2.75) is 19.9 Å². The maximum Gasteiger partial charge on any atom is 0.271 e. The molecule has 1 atom stereocenters. The second-order valence-corrected chi connectivity index (χ2v) is 4.66. The molecule has 0 saturated heterocycles. The summed E-state index contributed by atoms with van der Waals surface area (Å²) in [4.78, 5) is 11.4. The van der Waals surface area contributed by atoms with Gasteiger partial charge in [-0.3, -0.25) is 4.79 Å². The zero-order valence-electron chi connectivity index (χ0n) is 11.8. The Balaban J connectivity index is 2.06. The van der Waals surface area contributed by atoms with Crippen LogP contribution in [0.4, 0.5) is 5.82 Å². The average Bonchev–Trinajstić information content (AvgIpc) is 2.48. The Hall–Kier alpha value is -2.43. The van der Waals surface area contributed by atoms with Crippen LogP contribution in [0.15, 0.2) is 36.4 Å². The first-order valence-electron chi connectivity index (χ1n) is 6.49. The Morgan fingerprint density at radius 1 is 1.10 bits per heavy atom. The molecule has 1 heterocycles. The Labute approximate surface area is 118 Å². The predicted octanol–water partition coefficient (Wildman–Crippen LogP) is 2.32. The number of aryl methyl sites for hydroxylation is 1. The van der Waals surface area contributed by atoms with E-state index in [1.54, 1.807) is 19.2 Å². The minimum Gasteiger partial charge on any atom is -0.362 e. The van der Waals surface area contributed by atoms with Crippen molar-refractivity contribution in [3.63, 3.8) is 0 Å². The van der Waals surface area contributed by atoms with Crippen molar-refractivity contribution >= 4 is 11.7 Å². The summed E-state index contributed by atoms with van der Waals surface area (Å²) in [5.74, 6) is 0.404. The van der Waals surface area contributed by atoms with Crippen LogP contribution in [-0.2, 0) is 0 Å². The number of benzene rings is 1. The SMILES string of the molecule is CNC(=O)c1ccc(NC(C)c2ccc(C)cc2)nn1. The van der Waals surface area contributed by atoms with E-state index < -0.39 is 0 Å². The van der Waals surface area contributed by atoms with Crippen LogP contribution in [0.25, 0.3) is 0 Å². The molecule has 20 heavy (non-hydrogen) atoms. The molecule has 2 rings (SSSR count). The number of nitrogens with one attached hydrogen (secondary N) is 2. The number of hydrogen-bond donors (Lipinski definition) is 2. The molecule has 1 amide bonds. The van der Waals surface area contributed by atoms with Gasteiger partial charge in [-0.15, -0.1) is 10.2 Å². The quantitative estimate of drug-likeness (QED) is 0.894. The second-order valence-electron chi connectivity index (χ2n) is 4.66. The summed E-state index contributed by atoms with van der Waals surface area (Å²) in [7, 11) is 1.57. The highest BCUT2D eigenvalue weighted by Crippen LogP contribution is 2.17. The highest BCUT2D eigenvalue weighted by Gasteiger charge is 2.08. The normalized spacial score (nSPS) is 11.8. The van der Waals surface area contributed by atoms with E-state index in [4.69, 9.17) is 0 Å². The maximum absolute atomic E-state index is 11.4. The predicted molar refractivity (Wildman–Crippen MR) is 78.6 cm³/mol.